The standard InChI is InChI=1S/C14H18ClF3N4O2.HI/c15-11-8-10(14(16,17)18)9-21-12(11)24-5-1-2-20-13(19)22-3-6-23-7-4-22;/h8-9H,1-7H2,(H2,19,20);1H. The van der Waals surface area contributed by atoms with E-state index in [0.29, 0.717) is 51.4 Å². The van der Waals surface area contributed by atoms with Crippen molar-refractivity contribution in [3.63, 3.8) is 0 Å². The summed E-state index contributed by atoms with van der Waals surface area (Å²) < 4.78 is 48.0. The third-order valence-corrected chi connectivity index (χ3v) is 3.56. The lowest BCUT2D eigenvalue weighted by Crippen LogP contribution is -2.44. The maximum atomic E-state index is 12.5. The number of nitrogens with zero attached hydrogens (tertiary/aromatic N) is 3. The molecule has 0 amide bonds. The molecule has 0 atom stereocenters. The molecule has 1 aromatic heterocycles. The fourth-order valence-electron chi connectivity index (χ4n) is 2.01. The first kappa shape index (κ1) is 22.0. The third kappa shape index (κ3) is 7.02. The molecule has 1 aliphatic rings. The van der Waals surface area contributed by atoms with E-state index in [1.54, 1.807) is 0 Å². The third-order valence-electron chi connectivity index (χ3n) is 3.28. The Bertz CT molecular complexity index is 584. The minimum absolute atomic E-state index is 0. The van der Waals surface area contributed by atoms with E-state index in [1.807, 2.05) is 4.90 Å². The van der Waals surface area contributed by atoms with Crippen LogP contribution in [0.1, 0.15) is 12.0 Å². The van der Waals surface area contributed by atoms with Gasteiger partial charge in [0.1, 0.15) is 5.02 Å². The van der Waals surface area contributed by atoms with Crippen LogP contribution in [0.25, 0.3) is 0 Å². The van der Waals surface area contributed by atoms with Crippen LogP contribution >= 0.6 is 35.6 Å². The van der Waals surface area contributed by atoms with Crippen molar-refractivity contribution < 1.29 is 22.6 Å². The average molecular weight is 495 g/mol. The molecular formula is C14H19ClF3IN4O2. The highest BCUT2D eigenvalue weighted by Crippen LogP contribution is 2.33. The minimum atomic E-state index is -4.49. The van der Waals surface area contributed by atoms with Crippen molar-refractivity contribution in [2.45, 2.75) is 12.6 Å². The summed E-state index contributed by atoms with van der Waals surface area (Å²) in [5, 5.41) is -0.179. The van der Waals surface area contributed by atoms with Gasteiger partial charge in [0, 0.05) is 32.3 Å². The molecule has 0 spiro atoms. The van der Waals surface area contributed by atoms with Crippen LogP contribution in [-0.4, -0.2) is 55.3 Å². The number of hydrogen-bond acceptors (Lipinski definition) is 4. The highest BCUT2D eigenvalue weighted by atomic mass is 127. The number of pyridine rings is 1. The van der Waals surface area contributed by atoms with E-state index in [2.05, 4.69) is 9.98 Å². The lowest BCUT2D eigenvalue weighted by Gasteiger charge is -2.27. The van der Waals surface area contributed by atoms with E-state index < -0.39 is 11.7 Å². The Kier molecular flexibility index (Phi) is 9.00. The predicted molar refractivity (Wildman–Crippen MR) is 98.7 cm³/mol. The van der Waals surface area contributed by atoms with Crippen LogP contribution in [0.15, 0.2) is 17.3 Å². The van der Waals surface area contributed by atoms with Gasteiger partial charge in [-0.3, -0.25) is 4.99 Å². The molecule has 2 rings (SSSR count). The number of nitrogens with two attached hydrogens (primary N) is 1. The van der Waals surface area contributed by atoms with Gasteiger partial charge in [0.2, 0.25) is 5.88 Å². The second-order valence-electron chi connectivity index (χ2n) is 5.05. The molecule has 0 aromatic carbocycles. The Morgan fingerprint density at radius 1 is 1.40 bits per heavy atom. The van der Waals surface area contributed by atoms with Crippen LogP contribution < -0.4 is 10.5 Å². The summed E-state index contributed by atoms with van der Waals surface area (Å²) in [6.07, 6.45) is -3.26. The second kappa shape index (κ2) is 10.2. The van der Waals surface area contributed by atoms with Crippen LogP contribution in [-0.2, 0) is 10.9 Å². The van der Waals surface area contributed by atoms with Gasteiger partial charge < -0.3 is 20.1 Å². The average Bonchev–Trinajstić information content (AvgIpc) is 2.55. The summed E-state index contributed by atoms with van der Waals surface area (Å²) in [6.45, 7) is 3.31. The molecule has 0 radical (unpaired) electrons. The van der Waals surface area contributed by atoms with Gasteiger partial charge in [-0.05, 0) is 6.07 Å². The van der Waals surface area contributed by atoms with Crippen LogP contribution in [0.4, 0.5) is 13.2 Å². The Hall–Kier alpha value is -1.01. The van der Waals surface area contributed by atoms with Crippen molar-refractivity contribution in [1.29, 1.82) is 0 Å². The Morgan fingerprint density at radius 2 is 2.08 bits per heavy atom. The number of alkyl halides is 3. The molecule has 0 saturated carbocycles. The number of morpholine rings is 1. The van der Waals surface area contributed by atoms with Crippen LogP contribution in [0.2, 0.25) is 5.02 Å². The van der Waals surface area contributed by atoms with E-state index in [-0.39, 0.29) is 41.5 Å². The highest BCUT2D eigenvalue weighted by Gasteiger charge is 2.31. The van der Waals surface area contributed by atoms with Gasteiger partial charge in [-0.2, -0.15) is 13.2 Å². The quantitative estimate of drug-likeness (QED) is 0.295. The predicted octanol–water partition coefficient (Wildman–Crippen LogP) is 2.79. The molecule has 0 bridgehead atoms. The maximum absolute atomic E-state index is 12.5. The van der Waals surface area contributed by atoms with Gasteiger partial charge in [0.15, 0.2) is 5.96 Å². The first-order chi connectivity index (χ1) is 11.4. The molecule has 1 fully saturated rings. The van der Waals surface area contributed by atoms with Crippen molar-refractivity contribution in [3.05, 3.63) is 22.8 Å². The van der Waals surface area contributed by atoms with E-state index in [9.17, 15) is 13.2 Å². The van der Waals surface area contributed by atoms with E-state index in [4.69, 9.17) is 26.8 Å². The fourth-order valence-corrected chi connectivity index (χ4v) is 2.23. The van der Waals surface area contributed by atoms with Gasteiger partial charge in [-0.15, -0.1) is 24.0 Å². The number of aromatic nitrogens is 1. The largest absolute Gasteiger partial charge is 0.477 e. The van der Waals surface area contributed by atoms with Crippen molar-refractivity contribution >= 4 is 41.5 Å². The van der Waals surface area contributed by atoms with Gasteiger partial charge in [-0.1, -0.05) is 11.6 Å². The van der Waals surface area contributed by atoms with E-state index in [1.165, 1.54) is 0 Å². The molecule has 1 saturated heterocycles. The first-order valence-corrected chi connectivity index (χ1v) is 7.74. The monoisotopic (exact) mass is 494 g/mol. The van der Waals surface area contributed by atoms with E-state index in [0.717, 1.165) is 6.07 Å². The van der Waals surface area contributed by atoms with Gasteiger partial charge in [-0.25, -0.2) is 4.98 Å². The second-order valence-corrected chi connectivity index (χ2v) is 5.46. The van der Waals surface area contributed by atoms with Gasteiger partial charge in [0.25, 0.3) is 0 Å². The SMILES string of the molecule is I.NC(=NCCCOc1ncc(C(F)(F)F)cc1Cl)N1CCOCC1. The lowest BCUT2D eigenvalue weighted by atomic mass is 10.3. The summed E-state index contributed by atoms with van der Waals surface area (Å²) in [5.41, 5.74) is 4.95. The number of rotatable bonds is 5. The molecule has 6 nitrogen and oxygen atoms in total. The normalized spacial score (nSPS) is 15.7. The zero-order chi connectivity index (χ0) is 17.6. The number of guanidine groups is 1. The van der Waals surface area contributed by atoms with Crippen LogP contribution in [0.3, 0.4) is 0 Å². The summed E-state index contributed by atoms with van der Waals surface area (Å²) in [5.74, 6) is 0.416. The van der Waals surface area contributed by atoms with Gasteiger partial charge in [0.05, 0.1) is 25.4 Å². The summed E-state index contributed by atoms with van der Waals surface area (Å²) >= 11 is 5.75. The Morgan fingerprint density at radius 3 is 2.68 bits per heavy atom. The first-order valence-electron chi connectivity index (χ1n) is 7.36. The van der Waals surface area contributed by atoms with Gasteiger partial charge >= 0.3 is 6.18 Å². The zero-order valence-electron chi connectivity index (χ0n) is 13.3. The molecular weight excluding hydrogens is 476 g/mol. The van der Waals surface area contributed by atoms with Crippen LogP contribution in [0, 0.1) is 0 Å². The van der Waals surface area contributed by atoms with Crippen molar-refractivity contribution in [2.75, 3.05) is 39.5 Å². The zero-order valence-corrected chi connectivity index (χ0v) is 16.3. The summed E-state index contributed by atoms with van der Waals surface area (Å²) in [4.78, 5) is 9.75. The minimum Gasteiger partial charge on any atom is -0.477 e. The van der Waals surface area contributed by atoms with Crippen molar-refractivity contribution in [3.8, 4) is 5.88 Å². The number of ether oxygens (including phenoxy) is 2. The topological polar surface area (TPSA) is 73.0 Å². The molecule has 2 heterocycles. The number of aliphatic imine (C=N–C) groups is 1. The molecule has 1 aromatic rings. The highest BCUT2D eigenvalue weighted by molar-refractivity contribution is 14.0. The molecule has 142 valence electrons. The van der Waals surface area contributed by atoms with Crippen molar-refractivity contribution in [1.82, 2.24) is 9.88 Å². The molecule has 0 unspecified atom stereocenters. The number of halogens is 5. The lowest BCUT2D eigenvalue weighted by molar-refractivity contribution is -0.137. The summed E-state index contributed by atoms with van der Waals surface area (Å²) in [6, 6.07) is 0.790. The van der Waals surface area contributed by atoms with Crippen LogP contribution in [0.5, 0.6) is 5.88 Å². The molecule has 2 N–H and O–H groups in total. The molecule has 25 heavy (non-hydrogen) atoms. The Labute approximate surface area is 165 Å². The van der Waals surface area contributed by atoms with Crippen molar-refractivity contribution in [2.24, 2.45) is 10.7 Å². The maximum Gasteiger partial charge on any atom is 0.417 e. The smallest absolute Gasteiger partial charge is 0.417 e. The Balaban J connectivity index is 0.00000312. The fraction of sp³-hybridized carbons (Fsp3) is 0.571. The molecule has 0 aliphatic carbocycles. The molecule has 1 aliphatic heterocycles. The van der Waals surface area contributed by atoms with E-state index >= 15 is 0 Å². The summed E-state index contributed by atoms with van der Waals surface area (Å²) in [7, 11) is 0. The molecule has 11 heteroatoms. The number of hydrogen-bond donors (Lipinski definition) is 1.